The summed E-state index contributed by atoms with van der Waals surface area (Å²) in [4.78, 5) is 10.4. The number of rotatable bonds is 3. The molecule has 0 amide bonds. The molecule has 2 heterocycles. The number of nitrogens with zero attached hydrogens (tertiary/aromatic N) is 3. The van der Waals surface area contributed by atoms with Gasteiger partial charge in [0.1, 0.15) is 12.0 Å². The molecule has 3 N–H and O–H groups in total. The van der Waals surface area contributed by atoms with Crippen molar-refractivity contribution in [2.75, 3.05) is 29.0 Å². The molecule has 0 spiro atoms. The van der Waals surface area contributed by atoms with Gasteiger partial charge >= 0.3 is 6.18 Å². The Hall–Kier alpha value is -2.51. The van der Waals surface area contributed by atoms with Gasteiger partial charge in [-0.3, -0.25) is 0 Å². The standard InChI is InChI=1S/C17H20F3N5/c1-11-5-7-25(8-6-11)16-14(21)15(22-10-23-16)24-13-4-2-3-12(9-13)17(18,19)20/h2-4,9-11H,5-8,21H2,1H3,(H,22,23,24). The van der Waals surface area contributed by atoms with Crippen molar-refractivity contribution in [1.29, 1.82) is 0 Å². The number of anilines is 4. The van der Waals surface area contributed by atoms with E-state index < -0.39 is 11.7 Å². The van der Waals surface area contributed by atoms with E-state index in [-0.39, 0.29) is 5.69 Å². The van der Waals surface area contributed by atoms with Crippen LogP contribution in [-0.2, 0) is 6.18 Å². The van der Waals surface area contributed by atoms with Crippen molar-refractivity contribution in [3.05, 3.63) is 36.2 Å². The molecule has 0 unspecified atom stereocenters. The van der Waals surface area contributed by atoms with E-state index in [0.29, 0.717) is 23.2 Å². The van der Waals surface area contributed by atoms with Crippen LogP contribution in [0.3, 0.4) is 0 Å². The van der Waals surface area contributed by atoms with Crippen LogP contribution in [0.2, 0.25) is 0 Å². The van der Waals surface area contributed by atoms with E-state index in [9.17, 15) is 13.2 Å². The highest BCUT2D eigenvalue weighted by atomic mass is 19.4. The van der Waals surface area contributed by atoms with E-state index in [1.165, 1.54) is 12.4 Å². The first kappa shape index (κ1) is 17.3. The summed E-state index contributed by atoms with van der Waals surface area (Å²) in [6.45, 7) is 3.91. The third kappa shape index (κ3) is 3.94. The molecule has 134 valence electrons. The quantitative estimate of drug-likeness (QED) is 0.873. The topological polar surface area (TPSA) is 67.1 Å². The van der Waals surface area contributed by atoms with Crippen LogP contribution in [0.25, 0.3) is 0 Å². The Bertz CT molecular complexity index is 739. The molecule has 2 aromatic rings. The van der Waals surface area contributed by atoms with Crippen molar-refractivity contribution in [3.63, 3.8) is 0 Å². The Kier molecular flexibility index (Phi) is 4.69. The number of benzene rings is 1. The number of hydrogen-bond donors (Lipinski definition) is 2. The maximum absolute atomic E-state index is 12.8. The van der Waals surface area contributed by atoms with Crippen molar-refractivity contribution >= 4 is 23.0 Å². The molecule has 25 heavy (non-hydrogen) atoms. The Morgan fingerprint density at radius 1 is 1.20 bits per heavy atom. The predicted molar refractivity (Wildman–Crippen MR) is 91.8 cm³/mol. The van der Waals surface area contributed by atoms with Gasteiger partial charge in [-0.05, 0) is 37.0 Å². The molecule has 0 saturated carbocycles. The van der Waals surface area contributed by atoms with Crippen molar-refractivity contribution in [2.24, 2.45) is 5.92 Å². The summed E-state index contributed by atoms with van der Waals surface area (Å²) in [6, 6.07) is 4.94. The summed E-state index contributed by atoms with van der Waals surface area (Å²) >= 11 is 0. The molecule has 1 aromatic carbocycles. The van der Waals surface area contributed by atoms with Crippen molar-refractivity contribution < 1.29 is 13.2 Å². The fourth-order valence-corrected chi connectivity index (χ4v) is 2.87. The van der Waals surface area contributed by atoms with Gasteiger partial charge in [0.05, 0.1) is 5.56 Å². The fraction of sp³-hybridized carbons (Fsp3) is 0.412. The van der Waals surface area contributed by atoms with Gasteiger partial charge in [0.25, 0.3) is 0 Å². The molecule has 1 aliphatic heterocycles. The van der Waals surface area contributed by atoms with Crippen LogP contribution in [0.15, 0.2) is 30.6 Å². The Morgan fingerprint density at radius 2 is 1.92 bits per heavy atom. The monoisotopic (exact) mass is 351 g/mol. The largest absolute Gasteiger partial charge is 0.416 e. The van der Waals surface area contributed by atoms with Crippen LogP contribution < -0.4 is 16.0 Å². The fourth-order valence-electron chi connectivity index (χ4n) is 2.87. The molecule has 1 fully saturated rings. The van der Waals surface area contributed by atoms with Gasteiger partial charge in [-0.25, -0.2) is 9.97 Å². The molecule has 8 heteroatoms. The summed E-state index contributed by atoms with van der Waals surface area (Å²) in [6.07, 6.45) is -0.913. The zero-order valence-corrected chi connectivity index (χ0v) is 13.8. The van der Waals surface area contributed by atoms with Crippen molar-refractivity contribution in [1.82, 2.24) is 9.97 Å². The number of piperidine rings is 1. The summed E-state index contributed by atoms with van der Waals surface area (Å²) in [7, 11) is 0. The van der Waals surface area contributed by atoms with E-state index in [0.717, 1.165) is 38.1 Å². The lowest BCUT2D eigenvalue weighted by molar-refractivity contribution is -0.137. The molecule has 1 saturated heterocycles. The minimum Gasteiger partial charge on any atom is -0.393 e. The first-order valence-electron chi connectivity index (χ1n) is 8.14. The van der Waals surface area contributed by atoms with Crippen LogP contribution in [0, 0.1) is 5.92 Å². The average molecular weight is 351 g/mol. The average Bonchev–Trinajstić information content (AvgIpc) is 2.57. The predicted octanol–water partition coefficient (Wildman–Crippen LogP) is 4.06. The Labute approximate surface area is 144 Å². The van der Waals surface area contributed by atoms with Crippen LogP contribution >= 0.6 is 0 Å². The second kappa shape index (κ2) is 6.78. The molecule has 0 atom stereocenters. The number of nitrogens with one attached hydrogen (secondary N) is 1. The number of nitrogen functional groups attached to an aromatic ring is 1. The van der Waals surface area contributed by atoms with Gasteiger partial charge in [-0.15, -0.1) is 0 Å². The summed E-state index contributed by atoms with van der Waals surface area (Å²) < 4.78 is 38.5. The second-order valence-electron chi connectivity index (χ2n) is 6.33. The number of halogens is 3. The summed E-state index contributed by atoms with van der Waals surface area (Å²) in [5.74, 6) is 1.60. The molecule has 0 radical (unpaired) electrons. The first-order chi connectivity index (χ1) is 11.8. The zero-order chi connectivity index (χ0) is 18.0. The maximum atomic E-state index is 12.8. The Morgan fingerprint density at radius 3 is 2.60 bits per heavy atom. The van der Waals surface area contributed by atoms with Crippen LogP contribution in [0.1, 0.15) is 25.3 Å². The van der Waals surface area contributed by atoms with Gasteiger partial charge < -0.3 is 16.0 Å². The van der Waals surface area contributed by atoms with Gasteiger partial charge in [0.2, 0.25) is 0 Å². The van der Waals surface area contributed by atoms with Gasteiger partial charge in [0.15, 0.2) is 11.6 Å². The van der Waals surface area contributed by atoms with Crippen LogP contribution in [0.4, 0.5) is 36.2 Å². The second-order valence-corrected chi connectivity index (χ2v) is 6.33. The molecule has 1 aromatic heterocycles. The third-order valence-corrected chi connectivity index (χ3v) is 4.40. The molecule has 0 bridgehead atoms. The summed E-state index contributed by atoms with van der Waals surface area (Å²) in [5.41, 5.74) is 6.06. The smallest absolute Gasteiger partial charge is 0.393 e. The summed E-state index contributed by atoms with van der Waals surface area (Å²) in [5, 5.41) is 2.87. The lowest BCUT2D eigenvalue weighted by atomic mass is 9.99. The molecular formula is C17H20F3N5. The Balaban J connectivity index is 1.83. The zero-order valence-electron chi connectivity index (χ0n) is 13.8. The van der Waals surface area contributed by atoms with E-state index in [2.05, 4.69) is 27.1 Å². The number of alkyl halides is 3. The van der Waals surface area contributed by atoms with Crippen LogP contribution in [0.5, 0.6) is 0 Å². The lowest BCUT2D eigenvalue weighted by Crippen LogP contribution is -2.34. The first-order valence-corrected chi connectivity index (χ1v) is 8.14. The minimum absolute atomic E-state index is 0.276. The van der Waals surface area contributed by atoms with Crippen LogP contribution in [-0.4, -0.2) is 23.1 Å². The van der Waals surface area contributed by atoms with Gasteiger partial charge in [-0.2, -0.15) is 13.2 Å². The van der Waals surface area contributed by atoms with E-state index in [4.69, 9.17) is 5.73 Å². The van der Waals surface area contributed by atoms with E-state index in [1.54, 1.807) is 6.07 Å². The van der Waals surface area contributed by atoms with Gasteiger partial charge in [-0.1, -0.05) is 13.0 Å². The number of hydrogen-bond acceptors (Lipinski definition) is 5. The van der Waals surface area contributed by atoms with Crippen molar-refractivity contribution in [2.45, 2.75) is 25.9 Å². The normalized spacial score (nSPS) is 16.1. The van der Waals surface area contributed by atoms with E-state index in [1.807, 2.05) is 0 Å². The lowest BCUT2D eigenvalue weighted by Gasteiger charge is -2.32. The van der Waals surface area contributed by atoms with Gasteiger partial charge in [0, 0.05) is 18.8 Å². The third-order valence-electron chi connectivity index (χ3n) is 4.40. The SMILES string of the molecule is CC1CCN(c2ncnc(Nc3cccc(C(F)(F)F)c3)c2N)CC1. The van der Waals surface area contributed by atoms with E-state index >= 15 is 0 Å². The highest BCUT2D eigenvalue weighted by Gasteiger charge is 2.30. The molecule has 1 aliphatic rings. The molecule has 0 aliphatic carbocycles. The number of aromatic nitrogens is 2. The highest BCUT2D eigenvalue weighted by molar-refractivity contribution is 5.78. The maximum Gasteiger partial charge on any atom is 0.416 e. The van der Waals surface area contributed by atoms with Crippen molar-refractivity contribution in [3.8, 4) is 0 Å². The minimum atomic E-state index is -4.40. The molecule has 3 rings (SSSR count). The molecule has 5 nitrogen and oxygen atoms in total. The molecular weight excluding hydrogens is 331 g/mol. The number of nitrogens with two attached hydrogens (primary N) is 1. The highest BCUT2D eigenvalue weighted by Crippen LogP contribution is 2.34.